The zero-order valence-electron chi connectivity index (χ0n) is 11.2. The maximum atomic E-state index is 12.1. The van der Waals surface area contributed by atoms with Crippen LogP contribution in [0.5, 0.6) is 5.19 Å². The molecule has 1 heterocycles. The second kappa shape index (κ2) is 4.11. The minimum absolute atomic E-state index is 0.0176. The number of hydrogen-bond donors (Lipinski definition) is 1. The number of hydrogen-bond acceptors (Lipinski definition) is 5. The minimum Gasteiger partial charge on any atom is -0.463 e. The molecule has 1 aromatic rings. The van der Waals surface area contributed by atoms with Crippen LogP contribution in [0.25, 0.3) is 0 Å². The molecule has 4 saturated carbocycles. The standard InChI is InChI=1S/C13H15F3N2O2S/c14-13(15,16)19-8-1-7(2-8)9-3-21-10(18-9)20-12-4-11(17,5-12)6-12/h3,7-8H,1-2,4-6,17H2. The smallest absolute Gasteiger partial charge is 0.463 e. The highest BCUT2D eigenvalue weighted by Gasteiger charge is 2.68. The van der Waals surface area contributed by atoms with Gasteiger partial charge in [-0.2, -0.15) is 0 Å². The summed E-state index contributed by atoms with van der Waals surface area (Å²) in [5.41, 5.74) is 6.65. The molecule has 21 heavy (non-hydrogen) atoms. The summed E-state index contributed by atoms with van der Waals surface area (Å²) < 4.78 is 46.1. The Morgan fingerprint density at radius 3 is 2.52 bits per heavy atom. The molecule has 8 heteroatoms. The van der Waals surface area contributed by atoms with Gasteiger partial charge in [0.2, 0.25) is 0 Å². The van der Waals surface area contributed by atoms with E-state index in [1.165, 1.54) is 11.3 Å². The Balaban J connectivity index is 1.30. The second-order valence-electron chi connectivity index (χ2n) is 6.57. The van der Waals surface area contributed by atoms with Crippen LogP contribution in [-0.2, 0) is 4.74 Å². The summed E-state index contributed by atoms with van der Waals surface area (Å²) in [6, 6.07) is 0. The highest BCUT2D eigenvalue weighted by atomic mass is 32.1. The summed E-state index contributed by atoms with van der Waals surface area (Å²) in [6.07, 6.45) is -1.94. The van der Waals surface area contributed by atoms with E-state index < -0.39 is 12.5 Å². The lowest BCUT2D eigenvalue weighted by molar-refractivity contribution is -0.351. The number of halogens is 3. The molecule has 0 radical (unpaired) electrons. The summed E-state index contributed by atoms with van der Waals surface area (Å²) in [5.74, 6) is 0.0415. The summed E-state index contributed by atoms with van der Waals surface area (Å²) in [6.45, 7) is 0. The Morgan fingerprint density at radius 2 is 1.95 bits per heavy atom. The summed E-state index contributed by atoms with van der Waals surface area (Å²) in [5, 5.41) is 2.47. The van der Waals surface area contributed by atoms with Gasteiger partial charge in [0, 0.05) is 36.1 Å². The molecule has 4 nitrogen and oxygen atoms in total. The fourth-order valence-electron chi connectivity index (χ4n) is 3.66. The predicted octanol–water partition coefficient (Wildman–Crippen LogP) is 2.94. The molecule has 4 aliphatic rings. The Bertz CT molecular complexity index is 548. The molecule has 2 N–H and O–H groups in total. The van der Waals surface area contributed by atoms with E-state index in [9.17, 15) is 13.2 Å². The molecule has 2 bridgehead atoms. The maximum absolute atomic E-state index is 12.1. The van der Waals surface area contributed by atoms with Gasteiger partial charge in [-0.1, -0.05) is 11.3 Å². The SMILES string of the molecule is NC12CC(Oc3nc(C4CC(OC(F)(F)F)C4)cs3)(C1)C2. The molecular formula is C13H15F3N2O2S. The van der Waals surface area contributed by atoms with Crippen LogP contribution in [0.3, 0.4) is 0 Å². The highest BCUT2D eigenvalue weighted by Crippen LogP contribution is 2.61. The Kier molecular flexibility index (Phi) is 2.70. The second-order valence-corrected chi connectivity index (χ2v) is 7.39. The fourth-order valence-corrected chi connectivity index (χ4v) is 4.51. The number of rotatable bonds is 4. The first-order valence-electron chi connectivity index (χ1n) is 6.92. The lowest BCUT2D eigenvalue weighted by Crippen LogP contribution is -2.78. The van der Waals surface area contributed by atoms with Gasteiger partial charge in [-0.15, -0.1) is 13.2 Å². The van der Waals surface area contributed by atoms with Crippen LogP contribution in [0.15, 0.2) is 5.38 Å². The molecule has 5 rings (SSSR count). The van der Waals surface area contributed by atoms with E-state index in [-0.39, 0.29) is 17.1 Å². The van der Waals surface area contributed by atoms with Crippen molar-refractivity contribution in [2.45, 2.75) is 61.6 Å². The van der Waals surface area contributed by atoms with Gasteiger partial charge >= 0.3 is 6.36 Å². The first kappa shape index (κ1) is 13.8. The van der Waals surface area contributed by atoms with Gasteiger partial charge < -0.3 is 10.5 Å². The molecule has 0 saturated heterocycles. The van der Waals surface area contributed by atoms with Gasteiger partial charge in [-0.05, 0) is 12.8 Å². The molecule has 0 spiro atoms. The molecule has 0 aromatic carbocycles. The normalized spacial score (nSPS) is 41.0. The van der Waals surface area contributed by atoms with Gasteiger partial charge in [0.25, 0.3) is 5.19 Å². The van der Waals surface area contributed by atoms with Gasteiger partial charge in [-0.3, -0.25) is 4.74 Å². The van der Waals surface area contributed by atoms with Crippen molar-refractivity contribution >= 4 is 11.3 Å². The minimum atomic E-state index is -4.55. The van der Waals surface area contributed by atoms with Gasteiger partial charge in [0.1, 0.15) is 5.60 Å². The average molecular weight is 320 g/mol. The summed E-state index contributed by atoms with van der Waals surface area (Å²) >= 11 is 1.40. The quantitative estimate of drug-likeness (QED) is 0.927. The van der Waals surface area contributed by atoms with E-state index in [0.717, 1.165) is 25.0 Å². The van der Waals surface area contributed by atoms with Crippen LogP contribution in [0.2, 0.25) is 0 Å². The number of nitrogens with zero attached hydrogens (tertiary/aromatic N) is 1. The number of alkyl halides is 3. The van der Waals surface area contributed by atoms with Crippen molar-refractivity contribution in [2.75, 3.05) is 0 Å². The molecule has 1 aromatic heterocycles. The molecule has 4 aliphatic carbocycles. The van der Waals surface area contributed by atoms with E-state index in [4.69, 9.17) is 10.5 Å². The number of ether oxygens (including phenoxy) is 2. The van der Waals surface area contributed by atoms with E-state index in [2.05, 4.69) is 9.72 Å². The van der Waals surface area contributed by atoms with Gasteiger partial charge in [0.15, 0.2) is 0 Å². The van der Waals surface area contributed by atoms with E-state index in [0.29, 0.717) is 18.0 Å². The van der Waals surface area contributed by atoms with Crippen molar-refractivity contribution in [1.82, 2.24) is 4.98 Å². The van der Waals surface area contributed by atoms with Crippen LogP contribution in [0.4, 0.5) is 13.2 Å². The summed E-state index contributed by atoms with van der Waals surface area (Å²) in [4.78, 5) is 4.40. The third-order valence-corrected chi connectivity index (χ3v) is 5.38. The zero-order valence-corrected chi connectivity index (χ0v) is 12.0. The van der Waals surface area contributed by atoms with E-state index in [1.807, 2.05) is 5.38 Å². The molecule has 0 aliphatic heterocycles. The van der Waals surface area contributed by atoms with Crippen molar-refractivity contribution in [3.05, 3.63) is 11.1 Å². The molecule has 4 fully saturated rings. The zero-order chi connectivity index (χ0) is 14.9. The number of thiazole rings is 1. The lowest BCUT2D eigenvalue weighted by Gasteiger charge is -2.67. The molecule has 0 amide bonds. The van der Waals surface area contributed by atoms with Gasteiger partial charge in [0.05, 0.1) is 11.8 Å². The first-order chi connectivity index (χ1) is 9.74. The van der Waals surface area contributed by atoms with E-state index in [1.54, 1.807) is 0 Å². The number of nitrogens with two attached hydrogens (primary N) is 1. The summed E-state index contributed by atoms with van der Waals surface area (Å²) in [7, 11) is 0. The highest BCUT2D eigenvalue weighted by molar-refractivity contribution is 7.11. The maximum Gasteiger partial charge on any atom is 0.522 e. The lowest BCUT2D eigenvalue weighted by atomic mass is 9.47. The van der Waals surface area contributed by atoms with Crippen LogP contribution < -0.4 is 10.5 Å². The molecular weight excluding hydrogens is 305 g/mol. The fraction of sp³-hybridized carbons (Fsp3) is 0.769. The van der Waals surface area contributed by atoms with Crippen molar-refractivity contribution in [3.63, 3.8) is 0 Å². The molecule has 116 valence electrons. The average Bonchev–Trinajstić information content (AvgIpc) is 2.66. The van der Waals surface area contributed by atoms with Crippen molar-refractivity contribution in [2.24, 2.45) is 5.73 Å². The Morgan fingerprint density at radius 1 is 1.29 bits per heavy atom. The van der Waals surface area contributed by atoms with E-state index >= 15 is 0 Å². The van der Waals surface area contributed by atoms with Crippen molar-refractivity contribution in [1.29, 1.82) is 0 Å². The predicted molar refractivity (Wildman–Crippen MR) is 69.1 cm³/mol. The van der Waals surface area contributed by atoms with Gasteiger partial charge in [-0.25, -0.2) is 4.98 Å². The Hall–Kier alpha value is -0.860. The van der Waals surface area contributed by atoms with Crippen LogP contribution >= 0.6 is 11.3 Å². The third kappa shape index (κ3) is 2.43. The molecule has 0 atom stereocenters. The topological polar surface area (TPSA) is 57.4 Å². The number of aromatic nitrogens is 1. The Labute approximate surface area is 123 Å². The van der Waals surface area contributed by atoms with Crippen LogP contribution in [0, 0.1) is 0 Å². The van der Waals surface area contributed by atoms with Crippen LogP contribution in [-0.4, -0.2) is 28.6 Å². The first-order valence-corrected chi connectivity index (χ1v) is 7.80. The monoisotopic (exact) mass is 320 g/mol. The van der Waals surface area contributed by atoms with Crippen LogP contribution in [0.1, 0.15) is 43.7 Å². The van der Waals surface area contributed by atoms with Crippen molar-refractivity contribution in [3.8, 4) is 5.19 Å². The van der Waals surface area contributed by atoms with Crippen molar-refractivity contribution < 1.29 is 22.6 Å². The third-order valence-electron chi connectivity index (χ3n) is 4.64. The molecule has 0 unspecified atom stereocenters. The largest absolute Gasteiger partial charge is 0.522 e.